The van der Waals surface area contributed by atoms with Crippen LogP contribution >= 0.6 is 11.8 Å². The largest absolute Gasteiger partial charge is 0.493 e. The number of benzene rings is 2. The molecule has 0 aromatic heterocycles. The van der Waals surface area contributed by atoms with Gasteiger partial charge in [-0.3, -0.25) is 19.3 Å². The number of morpholine rings is 1. The minimum Gasteiger partial charge on any atom is -0.493 e. The molecule has 2 aromatic carbocycles. The summed E-state index contributed by atoms with van der Waals surface area (Å²) in [5, 5.41) is 11.1. The summed E-state index contributed by atoms with van der Waals surface area (Å²) < 4.78 is 15.9. The van der Waals surface area contributed by atoms with Crippen LogP contribution in [0, 0.1) is 0 Å². The third-order valence-electron chi connectivity index (χ3n) is 5.56. The van der Waals surface area contributed by atoms with Gasteiger partial charge in [-0.1, -0.05) is 12.1 Å². The van der Waals surface area contributed by atoms with Gasteiger partial charge in [-0.05, 0) is 48.2 Å². The maximum absolute atomic E-state index is 12.9. The van der Waals surface area contributed by atoms with Gasteiger partial charge in [0, 0.05) is 30.0 Å². The minimum absolute atomic E-state index is 0.0705. The van der Waals surface area contributed by atoms with E-state index in [2.05, 4.69) is 10.2 Å². The Kier molecular flexibility index (Phi) is 8.31. The molecule has 37 heavy (non-hydrogen) atoms. The first-order valence-corrected chi connectivity index (χ1v) is 12.2. The van der Waals surface area contributed by atoms with E-state index in [-0.39, 0.29) is 16.4 Å². The summed E-state index contributed by atoms with van der Waals surface area (Å²) in [5.41, 5.74) is 1.92. The highest BCUT2D eigenvalue weighted by atomic mass is 32.2. The first-order chi connectivity index (χ1) is 17.9. The molecule has 0 saturated carbocycles. The van der Waals surface area contributed by atoms with Crippen LogP contribution in [-0.4, -0.2) is 79.6 Å². The number of carbonyl (C=O) groups excluding carboxylic acids is 3. The van der Waals surface area contributed by atoms with E-state index in [0.717, 1.165) is 23.7 Å². The van der Waals surface area contributed by atoms with E-state index < -0.39 is 36.2 Å². The van der Waals surface area contributed by atoms with Gasteiger partial charge in [0.2, 0.25) is 5.91 Å². The van der Waals surface area contributed by atoms with Crippen molar-refractivity contribution in [2.75, 3.05) is 56.8 Å². The third-order valence-corrected chi connectivity index (χ3v) is 6.47. The average Bonchev–Trinajstić information content (AvgIpc) is 3.15. The third kappa shape index (κ3) is 6.40. The Bertz CT molecular complexity index is 1220. The predicted molar refractivity (Wildman–Crippen MR) is 137 cm³/mol. The van der Waals surface area contributed by atoms with E-state index in [4.69, 9.17) is 19.3 Å². The lowest BCUT2D eigenvalue weighted by molar-refractivity contribution is -0.139. The molecule has 0 radical (unpaired) electrons. The van der Waals surface area contributed by atoms with Crippen molar-refractivity contribution in [2.24, 2.45) is 0 Å². The summed E-state index contributed by atoms with van der Waals surface area (Å²) in [6.07, 6.45) is 1.41. The lowest BCUT2D eigenvalue weighted by Gasteiger charge is -2.28. The fourth-order valence-corrected chi connectivity index (χ4v) is 4.62. The first kappa shape index (κ1) is 26.0. The zero-order valence-corrected chi connectivity index (χ0v) is 20.8. The van der Waals surface area contributed by atoms with Gasteiger partial charge in [-0.15, -0.1) is 0 Å². The Morgan fingerprint density at radius 1 is 1.14 bits per heavy atom. The number of imide groups is 1. The fourth-order valence-electron chi connectivity index (χ4n) is 3.79. The van der Waals surface area contributed by atoms with Gasteiger partial charge >= 0.3 is 5.97 Å². The Labute approximate surface area is 217 Å². The summed E-state index contributed by atoms with van der Waals surface area (Å²) in [4.78, 5) is 52.1. The maximum Gasteiger partial charge on any atom is 0.341 e. The van der Waals surface area contributed by atoms with Crippen LogP contribution in [0.5, 0.6) is 11.5 Å². The number of carboxylic acids is 1. The van der Waals surface area contributed by atoms with Crippen molar-refractivity contribution in [3.63, 3.8) is 0 Å². The smallest absolute Gasteiger partial charge is 0.341 e. The predicted octanol–water partition coefficient (Wildman–Crippen LogP) is 2.67. The van der Waals surface area contributed by atoms with Crippen molar-refractivity contribution in [2.45, 2.75) is 0 Å². The second-order valence-corrected chi connectivity index (χ2v) is 9.02. The van der Waals surface area contributed by atoms with Gasteiger partial charge in [0.15, 0.2) is 18.1 Å². The molecule has 2 aliphatic heterocycles. The molecular weight excluding hydrogens is 502 g/mol. The molecule has 0 atom stereocenters. The molecular formula is C25H25N3O8S. The molecule has 2 heterocycles. The standard InChI is InChI=1S/C25H25N3O8S/c1-34-19-4-2-3-16(23(19)36-15-22(30)31)13-20-24(32)28(25(33)37-20)14-21(29)26-17-5-7-18(8-6-17)27-9-11-35-12-10-27/h2-8,13H,9-12,14-15H2,1H3,(H,26,29)(H,30,31)/b20-13+. The van der Waals surface area contributed by atoms with Gasteiger partial charge in [0.1, 0.15) is 6.54 Å². The molecule has 2 N–H and O–H groups in total. The molecule has 4 rings (SSSR count). The van der Waals surface area contributed by atoms with Crippen LogP contribution in [0.1, 0.15) is 5.56 Å². The highest BCUT2D eigenvalue weighted by Gasteiger charge is 2.36. The number of ether oxygens (including phenoxy) is 3. The van der Waals surface area contributed by atoms with Gasteiger partial charge in [-0.2, -0.15) is 0 Å². The number of aliphatic carboxylic acids is 1. The lowest BCUT2D eigenvalue weighted by Crippen LogP contribution is -2.36. The van der Waals surface area contributed by atoms with Gasteiger partial charge in [-0.25, -0.2) is 4.79 Å². The molecule has 0 unspecified atom stereocenters. The van der Waals surface area contributed by atoms with E-state index in [0.29, 0.717) is 36.2 Å². The Morgan fingerprint density at radius 2 is 1.86 bits per heavy atom. The number of rotatable bonds is 9. The molecule has 3 amide bonds. The summed E-state index contributed by atoms with van der Waals surface area (Å²) in [6, 6.07) is 12.1. The molecule has 11 nitrogen and oxygen atoms in total. The van der Waals surface area contributed by atoms with Crippen LogP contribution in [0.15, 0.2) is 47.4 Å². The van der Waals surface area contributed by atoms with Crippen LogP contribution in [0.2, 0.25) is 0 Å². The van der Waals surface area contributed by atoms with E-state index in [1.54, 1.807) is 30.3 Å². The molecule has 2 aliphatic rings. The maximum atomic E-state index is 12.9. The molecule has 0 spiro atoms. The van der Waals surface area contributed by atoms with Gasteiger partial charge < -0.3 is 29.5 Å². The summed E-state index contributed by atoms with van der Waals surface area (Å²) in [5.74, 6) is -1.95. The van der Waals surface area contributed by atoms with Gasteiger partial charge in [0.05, 0.1) is 25.2 Å². The van der Waals surface area contributed by atoms with Crippen LogP contribution in [-0.2, 0) is 19.1 Å². The number of hydrogen-bond donors (Lipinski definition) is 2. The van der Waals surface area contributed by atoms with Crippen molar-refractivity contribution in [3.05, 3.63) is 52.9 Å². The van der Waals surface area contributed by atoms with Crippen molar-refractivity contribution in [1.29, 1.82) is 0 Å². The van der Waals surface area contributed by atoms with Crippen molar-refractivity contribution in [1.82, 2.24) is 4.90 Å². The number of carboxylic acid groups (broad SMARTS) is 1. The number of anilines is 2. The van der Waals surface area contributed by atoms with Gasteiger partial charge in [0.25, 0.3) is 11.1 Å². The number of nitrogens with zero attached hydrogens (tertiary/aromatic N) is 2. The zero-order valence-electron chi connectivity index (χ0n) is 20.0. The quantitative estimate of drug-likeness (QED) is 0.469. The van der Waals surface area contributed by atoms with Crippen LogP contribution < -0.4 is 19.7 Å². The second kappa shape index (κ2) is 11.8. The normalized spacial score (nSPS) is 16.7. The topological polar surface area (TPSA) is 135 Å². The number of thioether (sulfide) groups is 1. The molecule has 194 valence electrons. The first-order valence-electron chi connectivity index (χ1n) is 11.4. The Hall–Kier alpha value is -4.03. The second-order valence-electron chi connectivity index (χ2n) is 8.02. The van der Waals surface area contributed by atoms with Crippen molar-refractivity contribution >= 4 is 52.2 Å². The van der Waals surface area contributed by atoms with Crippen molar-refractivity contribution < 1.29 is 38.5 Å². The highest BCUT2D eigenvalue weighted by Crippen LogP contribution is 2.37. The van der Waals surface area contributed by atoms with E-state index in [1.807, 2.05) is 12.1 Å². The fraction of sp³-hybridized carbons (Fsp3) is 0.280. The number of methoxy groups -OCH3 is 1. The summed E-state index contributed by atoms with van der Waals surface area (Å²) >= 11 is 0.679. The zero-order chi connectivity index (χ0) is 26.4. The number of para-hydroxylation sites is 1. The van der Waals surface area contributed by atoms with Crippen LogP contribution in [0.25, 0.3) is 6.08 Å². The number of carbonyl (C=O) groups is 4. The molecule has 0 bridgehead atoms. The number of amides is 3. The lowest BCUT2D eigenvalue weighted by atomic mass is 10.1. The van der Waals surface area contributed by atoms with Crippen LogP contribution in [0.3, 0.4) is 0 Å². The monoisotopic (exact) mass is 527 g/mol. The molecule has 2 fully saturated rings. The minimum atomic E-state index is -1.18. The molecule has 2 saturated heterocycles. The molecule has 0 aliphatic carbocycles. The van der Waals surface area contributed by atoms with E-state index in [9.17, 15) is 19.2 Å². The number of nitrogens with one attached hydrogen (secondary N) is 1. The number of hydrogen-bond acceptors (Lipinski definition) is 9. The molecule has 12 heteroatoms. The summed E-state index contributed by atoms with van der Waals surface area (Å²) in [7, 11) is 1.40. The summed E-state index contributed by atoms with van der Waals surface area (Å²) in [6.45, 7) is 1.85. The SMILES string of the molecule is COc1cccc(/C=C2/SC(=O)N(CC(=O)Nc3ccc(N4CCOCC4)cc3)C2=O)c1OCC(=O)O. The van der Waals surface area contributed by atoms with Crippen molar-refractivity contribution in [3.8, 4) is 11.5 Å². The highest BCUT2D eigenvalue weighted by molar-refractivity contribution is 8.18. The Balaban J connectivity index is 1.42. The Morgan fingerprint density at radius 3 is 2.54 bits per heavy atom. The van der Waals surface area contributed by atoms with E-state index in [1.165, 1.54) is 13.2 Å². The molecule has 2 aromatic rings. The van der Waals surface area contributed by atoms with E-state index >= 15 is 0 Å². The average molecular weight is 528 g/mol. The van der Waals surface area contributed by atoms with Crippen LogP contribution in [0.4, 0.5) is 16.2 Å².